The molecule has 4 nitrogen and oxygen atoms in total. The molecule has 27 heavy (non-hydrogen) atoms. The molecular formula is C21H15N3OS2. The van der Waals surface area contributed by atoms with Crippen LogP contribution >= 0.6 is 23.1 Å². The van der Waals surface area contributed by atoms with Crippen LogP contribution in [0.3, 0.4) is 0 Å². The van der Waals surface area contributed by atoms with Gasteiger partial charge in [0.25, 0.3) is 5.56 Å². The lowest BCUT2D eigenvalue weighted by atomic mass is 10.1. The van der Waals surface area contributed by atoms with Crippen molar-refractivity contribution in [2.45, 2.75) is 12.1 Å². The molecule has 0 saturated heterocycles. The summed E-state index contributed by atoms with van der Waals surface area (Å²) in [4.78, 5) is 19.6. The number of rotatable bonds is 2. The van der Waals surface area contributed by atoms with Crippen LogP contribution in [0.4, 0.5) is 0 Å². The number of thiophene rings is 1. The van der Waals surface area contributed by atoms with Gasteiger partial charge in [-0.2, -0.15) is 9.78 Å². The van der Waals surface area contributed by atoms with E-state index in [-0.39, 0.29) is 5.56 Å². The maximum Gasteiger partial charge on any atom is 0.283 e. The van der Waals surface area contributed by atoms with E-state index in [1.807, 2.05) is 36.4 Å². The van der Waals surface area contributed by atoms with Gasteiger partial charge in [0.05, 0.1) is 11.1 Å². The second kappa shape index (κ2) is 6.48. The number of thioether (sulfide) groups is 1. The molecule has 0 saturated carbocycles. The highest BCUT2D eigenvalue weighted by Crippen LogP contribution is 2.33. The summed E-state index contributed by atoms with van der Waals surface area (Å²) in [5.74, 6) is 0.706. The van der Waals surface area contributed by atoms with Crippen molar-refractivity contribution in [1.29, 1.82) is 0 Å². The number of hydrogen-bond acceptors (Lipinski definition) is 5. The number of fused-ring (bicyclic) bond motifs is 2. The third-order valence-electron chi connectivity index (χ3n) is 4.52. The van der Waals surface area contributed by atoms with Crippen molar-refractivity contribution in [1.82, 2.24) is 9.66 Å². The van der Waals surface area contributed by atoms with E-state index in [9.17, 15) is 4.79 Å². The lowest BCUT2D eigenvalue weighted by Gasteiger charge is -2.15. The fourth-order valence-corrected chi connectivity index (χ4v) is 5.03. The normalized spacial score (nSPS) is 13.4. The van der Waals surface area contributed by atoms with Gasteiger partial charge in [0.15, 0.2) is 5.16 Å². The molecule has 0 radical (unpaired) electrons. The van der Waals surface area contributed by atoms with Crippen molar-refractivity contribution >= 4 is 39.0 Å². The van der Waals surface area contributed by atoms with Gasteiger partial charge in [-0.05, 0) is 24.1 Å². The lowest BCUT2D eigenvalue weighted by Crippen LogP contribution is -2.25. The van der Waals surface area contributed by atoms with Gasteiger partial charge in [0.1, 0.15) is 4.83 Å². The van der Waals surface area contributed by atoms with E-state index in [4.69, 9.17) is 4.98 Å². The van der Waals surface area contributed by atoms with Gasteiger partial charge in [-0.1, -0.05) is 71.9 Å². The second-order valence-corrected chi connectivity index (χ2v) is 8.38. The van der Waals surface area contributed by atoms with Crippen LogP contribution in [0.2, 0.25) is 0 Å². The summed E-state index contributed by atoms with van der Waals surface area (Å²) < 4.78 is 1.45. The van der Waals surface area contributed by atoms with E-state index in [1.54, 1.807) is 23.1 Å². The highest BCUT2D eigenvalue weighted by Gasteiger charge is 2.20. The Bertz CT molecular complexity index is 1240. The van der Waals surface area contributed by atoms with Gasteiger partial charge in [0, 0.05) is 10.6 Å². The maximum atomic E-state index is 13.1. The van der Waals surface area contributed by atoms with Crippen LogP contribution < -0.4 is 5.56 Å². The minimum Gasteiger partial charge on any atom is -0.267 e. The largest absolute Gasteiger partial charge is 0.283 e. The van der Waals surface area contributed by atoms with Crippen LogP contribution in [0.5, 0.6) is 0 Å². The van der Waals surface area contributed by atoms with Gasteiger partial charge < -0.3 is 0 Å². The highest BCUT2D eigenvalue weighted by atomic mass is 32.2. The minimum atomic E-state index is -0.106. The molecule has 2 aromatic heterocycles. The van der Waals surface area contributed by atoms with Gasteiger partial charge in [-0.3, -0.25) is 4.79 Å². The first kappa shape index (κ1) is 16.5. The Balaban J connectivity index is 1.65. The monoisotopic (exact) mass is 389 g/mol. The zero-order valence-electron chi connectivity index (χ0n) is 14.5. The number of benzene rings is 2. The maximum absolute atomic E-state index is 13.1. The molecule has 0 spiro atoms. The molecule has 3 heterocycles. The Labute approximate surface area is 164 Å². The molecule has 0 fully saturated rings. The summed E-state index contributed by atoms with van der Waals surface area (Å²) in [6, 6.07) is 20.2. The molecule has 132 valence electrons. The van der Waals surface area contributed by atoms with Crippen LogP contribution in [0.1, 0.15) is 11.1 Å². The van der Waals surface area contributed by atoms with Crippen molar-refractivity contribution < 1.29 is 0 Å². The first-order valence-electron chi connectivity index (χ1n) is 8.59. The summed E-state index contributed by atoms with van der Waals surface area (Å²) in [5, 5.41) is 5.90. The number of aryl methyl sites for hydroxylation is 1. The van der Waals surface area contributed by atoms with Crippen LogP contribution in [-0.2, 0) is 0 Å². The first-order chi connectivity index (χ1) is 13.2. The first-order valence-corrected chi connectivity index (χ1v) is 10.4. The third kappa shape index (κ3) is 2.91. The van der Waals surface area contributed by atoms with Gasteiger partial charge in [-0.15, -0.1) is 11.3 Å². The number of hydrogen-bond donors (Lipinski definition) is 0. The second-order valence-electron chi connectivity index (χ2n) is 6.41. The fraction of sp³-hybridized carbons (Fsp3) is 0.0952. The molecule has 0 N–H and O–H groups in total. The molecule has 0 amide bonds. The summed E-state index contributed by atoms with van der Waals surface area (Å²) in [6.07, 6.45) is 0. The molecule has 4 aromatic rings. The van der Waals surface area contributed by atoms with E-state index in [2.05, 4.69) is 36.3 Å². The van der Waals surface area contributed by atoms with Gasteiger partial charge in [0.2, 0.25) is 0 Å². The van der Waals surface area contributed by atoms with E-state index in [0.29, 0.717) is 16.3 Å². The Hall–Kier alpha value is -2.70. The molecule has 0 aliphatic carbocycles. The highest BCUT2D eigenvalue weighted by molar-refractivity contribution is 7.99. The summed E-state index contributed by atoms with van der Waals surface area (Å²) >= 11 is 3.11. The Morgan fingerprint density at radius 2 is 1.78 bits per heavy atom. The van der Waals surface area contributed by atoms with Crippen LogP contribution in [0.15, 0.2) is 75.7 Å². The zero-order chi connectivity index (χ0) is 18.4. The number of nitrogens with zero attached hydrogens (tertiary/aromatic N) is 3. The van der Waals surface area contributed by atoms with Crippen molar-refractivity contribution in [2.75, 3.05) is 5.75 Å². The van der Waals surface area contributed by atoms with E-state index >= 15 is 0 Å². The number of aromatic nitrogens is 2. The Morgan fingerprint density at radius 3 is 2.56 bits per heavy atom. The predicted molar refractivity (Wildman–Crippen MR) is 113 cm³/mol. The Morgan fingerprint density at radius 1 is 1.00 bits per heavy atom. The molecule has 1 aliphatic rings. The van der Waals surface area contributed by atoms with E-state index < -0.39 is 0 Å². The minimum absolute atomic E-state index is 0.106. The average molecular weight is 390 g/mol. The molecule has 1 aliphatic heterocycles. The topological polar surface area (TPSA) is 47.2 Å². The average Bonchev–Trinajstić information content (AvgIpc) is 3.14. The smallest absolute Gasteiger partial charge is 0.267 e. The molecule has 2 aromatic carbocycles. The van der Waals surface area contributed by atoms with E-state index in [1.165, 1.54) is 10.2 Å². The molecule has 5 rings (SSSR count). The van der Waals surface area contributed by atoms with Crippen molar-refractivity contribution in [2.24, 2.45) is 5.10 Å². The van der Waals surface area contributed by atoms with Crippen LogP contribution in [0, 0.1) is 6.92 Å². The summed E-state index contributed by atoms with van der Waals surface area (Å²) in [5.41, 5.74) is 4.13. The van der Waals surface area contributed by atoms with E-state index in [0.717, 1.165) is 26.5 Å². The third-order valence-corrected chi connectivity index (χ3v) is 6.53. The Kier molecular flexibility index (Phi) is 3.95. The predicted octanol–water partition coefficient (Wildman–Crippen LogP) is 4.79. The van der Waals surface area contributed by atoms with Gasteiger partial charge >= 0.3 is 0 Å². The van der Waals surface area contributed by atoms with Crippen LogP contribution in [0.25, 0.3) is 20.7 Å². The SMILES string of the molecule is Cc1ccc(C2=Nn3c(nc4sc(-c5ccccc5)cc4c3=O)SC2)cc1. The van der Waals surface area contributed by atoms with Crippen molar-refractivity contribution in [3.63, 3.8) is 0 Å². The zero-order valence-corrected chi connectivity index (χ0v) is 16.2. The molecule has 0 unspecified atom stereocenters. The van der Waals surface area contributed by atoms with Gasteiger partial charge in [-0.25, -0.2) is 4.98 Å². The summed E-state index contributed by atoms with van der Waals surface area (Å²) in [6.45, 7) is 2.06. The molecular weight excluding hydrogens is 374 g/mol. The van der Waals surface area contributed by atoms with Crippen molar-refractivity contribution in [3.8, 4) is 10.4 Å². The van der Waals surface area contributed by atoms with Crippen molar-refractivity contribution in [3.05, 3.63) is 82.1 Å². The fourth-order valence-electron chi connectivity index (χ4n) is 3.05. The van der Waals surface area contributed by atoms with Crippen LogP contribution in [-0.4, -0.2) is 21.1 Å². The lowest BCUT2D eigenvalue weighted by molar-refractivity contribution is 0.700. The standard InChI is InChI=1S/C21H15N3OS2/c1-13-7-9-14(10-8-13)17-12-26-21-22-19-16(20(25)24(21)23-17)11-18(27-19)15-5-3-2-4-6-15/h2-11H,12H2,1H3. The summed E-state index contributed by atoms with van der Waals surface area (Å²) in [7, 11) is 0. The quantitative estimate of drug-likeness (QED) is 0.463. The molecule has 0 atom stereocenters. The molecule has 6 heteroatoms. The molecule has 0 bridgehead atoms.